The van der Waals surface area contributed by atoms with Crippen molar-refractivity contribution < 1.29 is 38.3 Å². The summed E-state index contributed by atoms with van der Waals surface area (Å²) in [6.45, 7) is 1.40. The van der Waals surface area contributed by atoms with Crippen LogP contribution in [0, 0.1) is 0 Å². The highest BCUT2D eigenvalue weighted by atomic mass is 127. The largest absolute Gasteiger partial charge is 1.00 e. The molecule has 0 fully saturated rings. The number of carbonyl (C=O) groups is 2. The molecule has 0 aromatic carbocycles. The summed E-state index contributed by atoms with van der Waals surface area (Å²) < 4.78 is 4.59. The van der Waals surface area contributed by atoms with E-state index >= 15 is 0 Å². The standard InChI is InChI=1S/C9H17NO3S.HI/c1-7(11)10-8(9(12)13-2)5-6-14(3)4;/h8H,5-6H2,1-4H3;1H/t8-;/m0./s1. The van der Waals surface area contributed by atoms with Crippen molar-refractivity contribution in [3.05, 3.63) is 0 Å². The normalized spacial score (nSPS) is 11.5. The minimum atomic E-state index is -0.493. The number of esters is 1. The van der Waals surface area contributed by atoms with Crippen LogP contribution in [0.25, 0.3) is 0 Å². The van der Waals surface area contributed by atoms with Gasteiger partial charge < -0.3 is 34.0 Å². The van der Waals surface area contributed by atoms with Gasteiger partial charge in [-0.05, 0) is 10.9 Å². The first kappa shape index (κ1) is 17.4. The molecular formula is C9H18INO3S. The van der Waals surface area contributed by atoms with Crippen LogP contribution in [0.5, 0.6) is 0 Å². The molecule has 0 spiro atoms. The van der Waals surface area contributed by atoms with Gasteiger partial charge in [-0.1, -0.05) is 0 Å². The van der Waals surface area contributed by atoms with E-state index in [0.717, 1.165) is 5.75 Å². The van der Waals surface area contributed by atoms with Crippen molar-refractivity contribution in [1.29, 1.82) is 0 Å². The van der Waals surface area contributed by atoms with Crippen molar-refractivity contribution in [2.24, 2.45) is 0 Å². The molecule has 90 valence electrons. The third-order valence-electron chi connectivity index (χ3n) is 1.68. The Morgan fingerprint density at radius 1 is 1.40 bits per heavy atom. The van der Waals surface area contributed by atoms with E-state index in [1.807, 2.05) is 0 Å². The SMILES string of the molecule is COC(=O)[C@H](CC[S+](C)C)NC(C)=O.[I-]. The number of halogens is 1. The molecule has 0 aliphatic rings. The molecule has 4 nitrogen and oxygen atoms in total. The van der Waals surface area contributed by atoms with Crippen LogP contribution in [0.3, 0.4) is 0 Å². The predicted octanol–water partition coefficient (Wildman–Crippen LogP) is -3.06. The van der Waals surface area contributed by atoms with E-state index < -0.39 is 6.04 Å². The molecule has 0 aromatic heterocycles. The van der Waals surface area contributed by atoms with Crippen LogP contribution in [-0.2, 0) is 25.2 Å². The van der Waals surface area contributed by atoms with Crippen molar-refractivity contribution in [1.82, 2.24) is 5.32 Å². The van der Waals surface area contributed by atoms with Crippen LogP contribution in [0.2, 0.25) is 0 Å². The first-order valence-corrected chi connectivity index (χ1v) is 6.57. The zero-order valence-corrected chi connectivity index (χ0v) is 12.5. The van der Waals surface area contributed by atoms with E-state index in [1.165, 1.54) is 14.0 Å². The molecule has 0 aliphatic carbocycles. The molecule has 0 radical (unpaired) electrons. The lowest BCUT2D eigenvalue weighted by Crippen LogP contribution is -3.00. The van der Waals surface area contributed by atoms with Gasteiger partial charge in [-0.25, -0.2) is 4.79 Å². The Morgan fingerprint density at radius 3 is 2.27 bits per heavy atom. The lowest BCUT2D eigenvalue weighted by molar-refractivity contribution is -0.144. The van der Waals surface area contributed by atoms with Crippen LogP contribution in [0.15, 0.2) is 0 Å². The van der Waals surface area contributed by atoms with Crippen molar-refractivity contribution in [3.8, 4) is 0 Å². The number of rotatable bonds is 5. The summed E-state index contributed by atoms with van der Waals surface area (Å²) in [4.78, 5) is 22.0. The van der Waals surface area contributed by atoms with E-state index in [4.69, 9.17) is 0 Å². The van der Waals surface area contributed by atoms with Crippen LogP contribution < -0.4 is 29.3 Å². The highest BCUT2D eigenvalue weighted by Crippen LogP contribution is 1.99. The Bertz CT molecular complexity index is 212. The van der Waals surface area contributed by atoms with Gasteiger partial charge in [-0.2, -0.15) is 0 Å². The first-order valence-electron chi connectivity index (χ1n) is 4.36. The van der Waals surface area contributed by atoms with Crippen molar-refractivity contribution in [3.63, 3.8) is 0 Å². The smallest absolute Gasteiger partial charge is 0.328 e. The second-order valence-electron chi connectivity index (χ2n) is 3.25. The number of amides is 1. The van der Waals surface area contributed by atoms with Gasteiger partial charge in [-0.3, -0.25) is 4.79 Å². The van der Waals surface area contributed by atoms with E-state index in [0.29, 0.717) is 6.42 Å². The zero-order chi connectivity index (χ0) is 11.1. The number of methoxy groups -OCH3 is 1. The summed E-state index contributed by atoms with van der Waals surface area (Å²) >= 11 is 0. The number of hydrogen-bond donors (Lipinski definition) is 1. The Kier molecular flexibility index (Phi) is 10.8. The molecule has 0 bridgehead atoms. The molecule has 0 saturated heterocycles. The van der Waals surface area contributed by atoms with Crippen LogP contribution in [0.4, 0.5) is 0 Å². The van der Waals surface area contributed by atoms with Crippen molar-refractivity contribution in [2.75, 3.05) is 25.4 Å². The monoisotopic (exact) mass is 347 g/mol. The van der Waals surface area contributed by atoms with Crippen LogP contribution in [0.1, 0.15) is 13.3 Å². The molecule has 0 aliphatic heterocycles. The molecule has 0 aromatic rings. The fourth-order valence-electron chi connectivity index (χ4n) is 0.990. The van der Waals surface area contributed by atoms with Gasteiger partial charge in [0, 0.05) is 13.3 Å². The fourth-order valence-corrected chi connectivity index (χ4v) is 1.70. The van der Waals surface area contributed by atoms with Crippen molar-refractivity contribution in [2.45, 2.75) is 19.4 Å². The maximum atomic E-state index is 11.2. The third kappa shape index (κ3) is 8.98. The summed E-state index contributed by atoms with van der Waals surface area (Å²) in [5.74, 6) is 0.346. The molecule has 0 unspecified atom stereocenters. The predicted molar refractivity (Wildman–Crippen MR) is 58.3 cm³/mol. The Hall–Kier alpha value is 0.0200. The maximum Gasteiger partial charge on any atom is 0.328 e. The summed E-state index contributed by atoms with van der Waals surface area (Å²) in [5, 5.41) is 2.58. The summed E-state index contributed by atoms with van der Waals surface area (Å²) in [5.41, 5.74) is 0. The summed E-state index contributed by atoms with van der Waals surface area (Å²) in [6.07, 6.45) is 4.84. The number of carbonyl (C=O) groups excluding carboxylic acids is 2. The van der Waals surface area contributed by atoms with Gasteiger partial charge in [0.15, 0.2) is 0 Å². The molecule has 1 amide bonds. The fraction of sp³-hybridized carbons (Fsp3) is 0.778. The summed E-state index contributed by atoms with van der Waals surface area (Å²) in [6, 6.07) is -0.493. The second kappa shape index (κ2) is 9.26. The number of hydrogen-bond acceptors (Lipinski definition) is 3. The quantitative estimate of drug-likeness (QED) is 0.326. The molecule has 1 N–H and O–H groups in total. The lowest BCUT2D eigenvalue weighted by Gasteiger charge is -2.13. The molecule has 15 heavy (non-hydrogen) atoms. The van der Waals surface area contributed by atoms with Gasteiger partial charge in [0.1, 0.15) is 11.8 Å². The van der Waals surface area contributed by atoms with E-state index in [9.17, 15) is 9.59 Å². The highest BCUT2D eigenvalue weighted by molar-refractivity contribution is 7.95. The lowest BCUT2D eigenvalue weighted by atomic mass is 10.2. The molecule has 0 rings (SSSR count). The molecular weight excluding hydrogens is 329 g/mol. The van der Waals surface area contributed by atoms with Gasteiger partial charge >= 0.3 is 5.97 Å². The van der Waals surface area contributed by atoms with Crippen molar-refractivity contribution >= 4 is 22.8 Å². The topological polar surface area (TPSA) is 55.4 Å². The Morgan fingerprint density at radius 2 is 1.93 bits per heavy atom. The maximum absolute atomic E-state index is 11.2. The first-order chi connectivity index (χ1) is 6.47. The summed E-state index contributed by atoms with van der Waals surface area (Å²) in [7, 11) is 1.60. The number of ether oxygens (including phenoxy) is 1. The average Bonchev–Trinajstić information content (AvgIpc) is 2.10. The highest BCUT2D eigenvalue weighted by Gasteiger charge is 2.21. The van der Waals surface area contributed by atoms with E-state index in [1.54, 1.807) is 0 Å². The average molecular weight is 347 g/mol. The number of nitrogens with one attached hydrogen (secondary N) is 1. The van der Waals surface area contributed by atoms with Crippen LogP contribution in [-0.4, -0.2) is 43.3 Å². The minimum Gasteiger partial charge on any atom is -1.00 e. The van der Waals surface area contributed by atoms with E-state index in [-0.39, 0.29) is 46.7 Å². The molecule has 0 heterocycles. The second-order valence-corrected chi connectivity index (χ2v) is 5.63. The Balaban J connectivity index is 0. The minimum absolute atomic E-state index is 0. The van der Waals surface area contributed by atoms with Gasteiger partial charge in [0.05, 0.1) is 19.6 Å². The van der Waals surface area contributed by atoms with Gasteiger partial charge in [-0.15, -0.1) is 0 Å². The molecule has 6 heteroatoms. The van der Waals surface area contributed by atoms with Gasteiger partial charge in [0.2, 0.25) is 5.91 Å². The zero-order valence-electron chi connectivity index (χ0n) is 9.50. The van der Waals surface area contributed by atoms with Gasteiger partial charge in [0.25, 0.3) is 0 Å². The molecule has 0 saturated carbocycles. The Labute approximate surface area is 111 Å². The van der Waals surface area contributed by atoms with Crippen LogP contribution >= 0.6 is 0 Å². The molecule has 1 atom stereocenters. The third-order valence-corrected chi connectivity index (χ3v) is 2.73. The van der Waals surface area contributed by atoms with E-state index in [2.05, 4.69) is 22.6 Å².